The first-order valence-corrected chi connectivity index (χ1v) is 45.2. The van der Waals surface area contributed by atoms with Gasteiger partial charge in [0.1, 0.15) is 23.0 Å². The molecule has 0 amide bonds. The molecule has 0 unspecified atom stereocenters. The van der Waals surface area contributed by atoms with Crippen molar-refractivity contribution in [1.82, 2.24) is 29.9 Å². The Labute approximate surface area is 776 Å². The Morgan fingerprint density at radius 2 is 0.628 bits per heavy atom. The van der Waals surface area contributed by atoms with Gasteiger partial charge in [-0.05, 0) is 338 Å². The molecule has 0 aliphatic heterocycles. The first-order chi connectivity index (χ1) is 61.9. The number of H-pyrrole nitrogens is 2. The van der Waals surface area contributed by atoms with Crippen LogP contribution in [0.5, 0.6) is 11.5 Å². The number of aryl methyl sites for hydroxylation is 20. The Morgan fingerprint density at radius 1 is 0.295 bits per heavy atom. The topological polar surface area (TPSA) is 112 Å². The minimum atomic E-state index is 0.879. The fourth-order valence-corrected chi connectivity index (χ4v) is 13.4. The van der Waals surface area contributed by atoms with Crippen LogP contribution in [0.4, 0.5) is 22.7 Å². The number of aromatic nitrogens is 6. The number of benzene rings is 10. The summed E-state index contributed by atoms with van der Waals surface area (Å²) in [4.78, 5) is 30.8. The van der Waals surface area contributed by atoms with Gasteiger partial charge in [0.05, 0.1) is 11.4 Å². The predicted octanol–water partition coefficient (Wildman–Crippen LogP) is 32.9. The van der Waals surface area contributed by atoms with Gasteiger partial charge in [-0.1, -0.05) is 235 Å². The molecule has 0 spiro atoms. The van der Waals surface area contributed by atoms with Gasteiger partial charge in [-0.15, -0.1) is 11.3 Å². The molecule has 0 aliphatic carbocycles. The summed E-state index contributed by atoms with van der Waals surface area (Å²) >= 11 is 1.84. The summed E-state index contributed by atoms with van der Waals surface area (Å²) in [6, 6.07) is 119. The molecular formula is C118H136N8O2S. The fraction of sp³-hybridized carbons (Fsp3) is 0.220. The van der Waals surface area contributed by atoms with E-state index in [1.165, 1.54) is 133 Å². The Balaban J connectivity index is 0.000000197. The summed E-state index contributed by atoms with van der Waals surface area (Å²) in [6.07, 6.45) is 4.15. The highest BCUT2D eigenvalue weighted by Crippen LogP contribution is 2.35. The number of rotatable bonds is 9. The second-order valence-corrected chi connectivity index (χ2v) is 34.2. The molecule has 0 saturated heterocycles. The largest absolute Gasteiger partial charge is 0.467 e. The number of nitrogens with zero attached hydrogens (tertiary/aromatic N) is 6. The molecular weight excluding hydrogens is 1590 g/mol. The fourth-order valence-electron chi connectivity index (χ4n) is 12.6. The van der Waals surface area contributed by atoms with Crippen LogP contribution in [-0.4, -0.2) is 44.0 Å². The van der Waals surface area contributed by atoms with Crippen LogP contribution in [0.15, 0.2) is 356 Å². The maximum atomic E-state index is 5.69. The molecule has 2 N–H and O–H groups in total. The number of nitrogens with one attached hydrogen (secondary N) is 2. The number of hydrogen-bond donors (Lipinski definition) is 2. The lowest BCUT2D eigenvalue weighted by atomic mass is 10.0. The molecule has 129 heavy (non-hydrogen) atoms. The van der Waals surface area contributed by atoms with Crippen molar-refractivity contribution >= 4 is 55.9 Å². The molecule has 0 bridgehead atoms. The summed E-state index contributed by atoms with van der Waals surface area (Å²) in [5.74, 6) is 3.73. The highest BCUT2D eigenvalue weighted by atomic mass is 32.1. The molecule has 11 heteroatoms. The van der Waals surface area contributed by atoms with Crippen molar-refractivity contribution in [2.24, 2.45) is 0 Å². The van der Waals surface area contributed by atoms with Gasteiger partial charge in [-0.2, -0.15) is 0 Å². The molecule has 0 aliphatic rings. The second kappa shape index (κ2) is 55.0. The van der Waals surface area contributed by atoms with Crippen molar-refractivity contribution in [1.29, 1.82) is 0 Å². The molecule has 8 heterocycles. The molecule has 666 valence electrons. The number of furan rings is 1. The molecule has 18 rings (SSSR count). The number of thiophene rings is 1. The maximum absolute atomic E-state index is 5.69. The lowest BCUT2D eigenvalue weighted by Crippen LogP contribution is -2.09. The Morgan fingerprint density at radius 3 is 0.915 bits per heavy atom. The zero-order valence-electron chi connectivity index (χ0n) is 80.8. The number of ether oxygens (including phenoxy) is 1. The summed E-state index contributed by atoms with van der Waals surface area (Å²) in [6.45, 7) is 45.3. The normalized spacial score (nSPS) is 9.92. The summed E-state index contributed by atoms with van der Waals surface area (Å²) in [5.41, 5.74) is 31.1. The molecule has 0 atom stereocenters. The summed E-state index contributed by atoms with van der Waals surface area (Å²) < 4.78 is 10.8. The van der Waals surface area contributed by atoms with Crippen LogP contribution in [0.2, 0.25) is 0 Å². The van der Waals surface area contributed by atoms with Gasteiger partial charge in [-0.25, -0.2) is 0 Å². The number of anilines is 4. The number of pyridine rings is 4. The van der Waals surface area contributed by atoms with Crippen LogP contribution in [-0.2, 0) is 6.42 Å². The Bertz CT molecular complexity index is 5650. The SMILES string of the molecule is CCC.CN(C)c1ccccc1.Cc1ccc(C)[nH]1.Cc1ccc(C)nc1.Cc1ccc(C)o1.Cc1ccc(C)s1.Cc1ccc(Cc2ccc(C)cc2)cc1.Cc1ccc(N(c2ccccc2)c2ccc(C)cc2)cc1.Cc1ccc(Oc2ccc(C)cc2)cc1.Cc1ccc2[nH]c3ccc(C)cc3c2c1.Cc1cccc(-c2cccc(C)n2)n1.Cc1cccc(C)n1. The first kappa shape index (κ1) is 102. The standard InChI is InChI=1S/C20H19N.C15H16.C14H13N.C14H14O.C12H12N2.C8H11N.2C7H9N.C6H9N.C6H8O.C6H8S.C3H8/c1-16-8-12-19(13-9-16)21(18-6-4-3-5-7-18)20-14-10-17(2)11-15-20;1-12-3-7-14(8-4-12)11-15-9-5-13(2)6-10-15;1-9-3-5-13-11(7-9)12-8-10(2)4-6-14(12)15-13;1-11-3-7-13(8-4-11)15-14-9-5-12(2)6-10-14;1-9-5-3-7-11(13-9)12-8-4-6-10(2)14-12;1-9(2)8-6-4-3-5-7-8;1-6-3-4-7(2)8-5-6;1-6-4-3-5-7(2)8-6;3*1-5-3-4-6(2)7-5;1-3-2/h3-15H,1-2H3;3-10H,11H2,1-2H3;3-8,15H,1-2H3;3-10H,1-2H3;3-8H,1-2H3;3-7H,1-2H3;2*3-5H,1-2H3;3-4,7H,1-2H3;2*3-4H,1-2H3;3H2,1-2H3. The highest BCUT2D eigenvalue weighted by Gasteiger charge is 2.12. The van der Waals surface area contributed by atoms with Gasteiger partial charge in [0.25, 0.3) is 0 Å². The Kier molecular flexibility index (Phi) is 43.6. The molecule has 10 nitrogen and oxygen atoms in total. The number of aromatic amines is 2. The van der Waals surface area contributed by atoms with Crippen molar-refractivity contribution in [3.8, 4) is 22.9 Å². The van der Waals surface area contributed by atoms with Crippen LogP contribution in [0, 0.1) is 138 Å². The summed E-state index contributed by atoms with van der Waals surface area (Å²) in [5, 5.41) is 2.66. The number of fused-ring (bicyclic) bond motifs is 3. The third kappa shape index (κ3) is 39.4. The van der Waals surface area contributed by atoms with Crippen LogP contribution in [0.3, 0.4) is 0 Å². The van der Waals surface area contributed by atoms with Crippen molar-refractivity contribution < 1.29 is 9.15 Å². The van der Waals surface area contributed by atoms with E-state index in [9.17, 15) is 0 Å². The van der Waals surface area contributed by atoms with E-state index in [0.717, 1.165) is 69.3 Å². The average molecular weight is 1730 g/mol. The van der Waals surface area contributed by atoms with E-state index in [4.69, 9.17) is 9.15 Å². The van der Waals surface area contributed by atoms with Gasteiger partial charge in [0, 0.05) is 114 Å². The first-order valence-electron chi connectivity index (χ1n) is 44.3. The molecule has 0 fully saturated rings. The van der Waals surface area contributed by atoms with Crippen LogP contribution < -0.4 is 14.5 Å². The molecule has 10 aromatic carbocycles. The third-order valence-corrected chi connectivity index (χ3v) is 20.5. The van der Waals surface area contributed by atoms with E-state index in [2.05, 4.69) is 323 Å². The lowest BCUT2D eigenvalue weighted by Gasteiger charge is -2.25. The lowest BCUT2D eigenvalue weighted by molar-refractivity contribution is 0.482. The van der Waals surface area contributed by atoms with Gasteiger partial charge in [0.15, 0.2) is 0 Å². The van der Waals surface area contributed by atoms with Crippen molar-refractivity contribution in [2.75, 3.05) is 23.9 Å². The van der Waals surface area contributed by atoms with Crippen molar-refractivity contribution in [3.63, 3.8) is 0 Å². The smallest absolute Gasteiger partial charge is 0.127 e. The van der Waals surface area contributed by atoms with Gasteiger partial charge >= 0.3 is 0 Å². The average Bonchev–Trinajstić information content (AvgIpc) is 1.64. The van der Waals surface area contributed by atoms with E-state index in [-0.39, 0.29) is 0 Å². The number of hydrogen-bond acceptors (Lipinski definition) is 9. The maximum Gasteiger partial charge on any atom is 0.127 e. The van der Waals surface area contributed by atoms with Crippen molar-refractivity contribution in [2.45, 2.75) is 165 Å². The summed E-state index contributed by atoms with van der Waals surface area (Å²) in [7, 11) is 4.07. The van der Waals surface area contributed by atoms with Crippen LogP contribution in [0.25, 0.3) is 33.2 Å². The number of para-hydroxylation sites is 2. The third-order valence-electron chi connectivity index (χ3n) is 19.6. The van der Waals surface area contributed by atoms with E-state index in [1.807, 2.05) is 246 Å². The van der Waals surface area contributed by atoms with Crippen LogP contribution >= 0.6 is 11.3 Å². The van der Waals surface area contributed by atoms with E-state index >= 15 is 0 Å². The van der Waals surface area contributed by atoms with Gasteiger partial charge in [0.2, 0.25) is 0 Å². The van der Waals surface area contributed by atoms with Crippen molar-refractivity contribution in [3.05, 3.63) is 474 Å². The predicted molar refractivity (Wildman–Crippen MR) is 557 cm³/mol. The zero-order valence-corrected chi connectivity index (χ0v) is 81.6. The van der Waals surface area contributed by atoms with Crippen LogP contribution in [0.1, 0.15) is 143 Å². The van der Waals surface area contributed by atoms with Gasteiger partial charge in [-0.3, -0.25) is 19.9 Å². The molecule has 18 aromatic rings. The molecule has 0 saturated carbocycles. The highest BCUT2D eigenvalue weighted by molar-refractivity contribution is 7.11. The van der Waals surface area contributed by atoms with Gasteiger partial charge < -0.3 is 28.9 Å². The quantitative estimate of drug-likeness (QED) is 0.147. The van der Waals surface area contributed by atoms with E-state index in [1.54, 1.807) is 0 Å². The minimum Gasteiger partial charge on any atom is -0.467 e. The van der Waals surface area contributed by atoms with E-state index < -0.39 is 0 Å². The second-order valence-electron chi connectivity index (χ2n) is 32.7. The minimum absolute atomic E-state index is 0.879. The molecule has 0 radical (unpaired) electrons. The van der Waals surface area contributed by atoms with E-state index in [0.29, 0.717) is 0 Å². The zero-order chi connectivity index (χ0) is 93.6. The molecule has 8 aromatic heterocycles. The Hall–Kier alpha value is -13.7. The monoisotopic (exact) mass is 1730 g/mol.